The molecule has 3 aromatic heterocycles. The molecule has 3 aromatic rings. The first-order valence-electron chi connectivity index (χ1n) is 6.48. The largest absolute Gasteiger partial charge is 0.370 e. The lowest BCUT2D eigenvalue weighted by atomic mass is 10.3. The van der Waals surface area contributed by atoms with Crippen LogP contribution in [0, 0.1) is 0 Å². The second-order valence-corrected chi connectivity index (χ2v) is 5.22. The first-order chi connectivity index (χ1) is 9.86. The van der Waals surface area contributed by atoms with Crippen molar-refractivity contribution in [3.63, 3.8) is 0 Å². The topological polar surface area (TPSA) is 55.1 Å². The lowest BCUT2D eigenvalue weighted by molar-refractivity contribution is 0.921. The van der Waals surface area contributed by atoms with Crippen molar-refractivity contribution in [3.05, 3.63) is 48.3 Å². The van der Waals surface area contributed by atoms with Crippen LogP contribution < -0.4 is 5.32 Å². The molecule has 0 aliphatic carbocycles. The van der Waals surface area contributed by atoms with Crippen molar-refractivity contribution in [2.24, 2.45) is 0 Å². The highest BCUT2D eigenvalue weighted by atomic mass is 32.2. The predicted molar refractivity (Wildman–Crippen MR) is 80.9 cm³/mol. The van der Waals surface area contributed by atoms with Crippen molar-refractivity contribution in [2.45, 2.75) is 17.8 Å². The molecule has 0 unspecified atom stereocenters. The SMILES string of the molecule is CCNc1ccc(CSc2nnc3ccccn23)cn1. The number of hydrogen-bond donors (Lipinski definition) is 1. The number of anilines is 1. The highest BCUT2D eigenvalue weighted by Crippen LogP contribution is 2.21. The number of pyridine rings is 2. The second-order valence-electron chi connectivity index (χ2n) is 4.28. The van der Waals surface area contributed by atoms with E-state index in [4.69, 9.17) is 0 Å². The molecular formula is C14H15N5S. The van der Waals surface area contributed by atoms with E-state index in [1.54, 1.807) is 11.8 Å². The van der Waals surface area contributed by atoms with E-state index in [1.807, 2.05) is 41.1 Å². The average molecular weight is 285 g/mol. The van der Waals surface area contributed by atoms with Gasteiger partial charge in [0.05, 0.1) is 0 Å². The number of nitrogens with one attached hydrogen (secondary N) is 1. The molecule has 1 N–H and O–H groups in total. The van der Waals surface area contributed by atoms with Crippen molar-refractivity contribution >= 4 is 23.2 Å². The first-order valence-corrected chi connectivity index (χ1v) is 7.47. The molecule has 5 nitrogen and oxygen atoms in total. The van der Waals surface area contributed by atoms with Gasteiger partial charge in [0, 0.05) is 24.7 Å². The lowest BCUT2D eigenvalue weighted by Gasteiger charge is -2.03. The number of thioether (sulfide) groups is 1. The number of aromatic nitrogens is 4. The van der Waals surface area contributed by atoms with E-state index in [9.17, 15) is 0 Å². The molecule has 0 aliphatic heterocycles. The van der Waals surface area contributed by atoms with Crippen LogP contribution in [0.1, 0.15) is 12.5 Å². The molecule has 20 heavy (non-hydrogen) atoms. The van der Waals surface area contributed by atoms with Crippen LogP contribution in [0.15, 0.2) is 47.9 Å². The first kappa shape index (κ1) is 12.9. The summed E-state index contributed by atoms with van der Waals surface area (Å²) >= 11 is 1.66. The Morgan fingerprint density at radius 2 is 2.15 bits per heavy atom. The van der Waals surface area contributed by atoms with E-state index in [0.29, 0.717) is 0 Å². The highest BCUT2D eigenvalue weighted by molar-refractivity contribution is 7.98. The Balaban J connectivity index is 1.69. The van der Waals surface area contributed by atoms with Gasteiger partial charge in [-0.05, 0) is 30.7 Å². The monoisotopic (exact) mass is 285 g/mol. The van der Waals surface area contributed by atoms with E-state index < -0.39 is 0 Å². The standard InChI is InChI=1S/C14H15N5S/c1-2-15-12-7-6-11(9-16-12)10-20-14-18-17-13-5-3-4-8-19(13)14/h3-9H,2,10H2,1H3,(H,15,16). The van der Waals surface area contributed by atoms with Gasteiger partial charge in [0.15, 0.2) is 10.8 Å². The van der Waals surface area contributed by atoms with Gasteiger partial charge in [-0.15, -0.1) is 10.2 Å². The Hall–Kier alpha value is -2.08. The fourth-order valence-corrected chi connectivity index (χ4v) is 2.72. The molecule has 0 bridgehead atoms. The minimum Gasteiger partial charge on any atom is -0.370 e. The van der Waals surface area contributed by atoms with Crippen molar-refractivity contribution in [2.75, 3.05) is 11.9 Å². The minimum absolute atomic E-state index is 0.828. The third-order valence-corrected chi connectivity index (χ3v) is 3.85. The third-order valence-electron chi connectivity index (χ3n) is 2.83. The Labute approximate surface area is 121 Å². The van der Waals surface area contributed by atoms with Crippen molar-refractivity contribution in [3.8, 4) is 0 Å². The summed E-state index contributed by atoms with van der Waals surface area (Å²) in [7, 11) is 0. The summed E-state index contributed by atoms with van der Waals surface area (Å²) in [6.07, 6.45) is 3.87. The molecule has 0 spiro atoms. The molecule has 0 atom stereocenters. The van der Waals surface area contributed by atoms with Crippen LogP contribution in [0.25, 0.3) is 5.65 Å². The summed E-state index contributed by atoms with van der Waals surface area (Å²) in [4.78, 5) is 4.36. The van der Waals surface area contributed by atoms with Gasteiger partial charge in [0.25, 0.3) is 0 Å². The van der Waals surface area contributed by atoms with Gasteiger partial charge < -0.3 is 5.32 Å². The minimum atomic E-state index is 0.828. The molecule has 102 valence electrons. The maximum absolute atomic E-state index is 4.36. The maximum atomic E-state index is 4.36. The van der Waals surface area contributed by atoms with Crippen LogP contribution in [0.5, 0.6) is 0 Å². The summed E-state index contributed by atoms with van der Waals surface area (Å²) in [5, 5.41) is 12.4. The lowest BCUT2D eigenvalue weighted by Crippen LogP contribution is -1.98. The number of fused-ring (bicyclic) bond motifs is 1. The smallest absolute Gasteiger partial charge is 0.195 e. The van der Waals surface area contributed by atoms with Crippen LogP contribution in [-0.4, -0.2) is 26.1 Å². The van der Waals surface area contributed by atoms with Crippen LogP contribution in [0.3, 0.4) is 0 Å². The summed E-state index contributed by atoms with van der Waals surface area (Å²) in [5.41, 5.74) is 2.04. The molecule has 0 aliphatic rings. The summed E-state index contributed by atoms with van der Waals surface area (Å²) < 4.78 is 1.99. The molecule has 0 aromatic carbocycles. The second kappa shape index (κ2) is 5.92. The molecule has 0 saturated carbocycles. The highest BCUT2D eigenvalue weighted by Gasteiger charge is 2.05. The zero-order chi connectivity index (χ0) is 13.8. The number of rotatable bonds is 5. The molecule has 0 saturated heterocycles. The molecule has 0 radical (unpaired) electrons. The van der Waals surface area contributed by atoms with Gasteiger partial charge in [-0.2, -0.15) is 0 Å². The zero-order valence-corrected chi connectivity index (χ0v) is 12.0. The summed E-state index contributed by atoms with van der Waals surface area (Å²) in [6, 6.07) is 9.97. The van der Waals surface area contributed by atoms with Gasteiger partial charge in [-0.1, -0.05) is 23.9 Å². The van der Waals surface area contributed by atoms with Crippen LogP contribution in [0.2, 0.25) is 0 Å². The molecule has 0 amide bonds. The van der Waals surface area contributed by atoms with Crippen LogP contribution >= 0.6 is 11.8 Å². The summed E-state index contributed by atoms with van der Waals surface area (Å²) in [5.74, 6) is 1.74. The van der Waals surface area contributed by atoms with Crippen molar-refractivity contribution in [1.82, 2.24) is 19.6 Å². The molecule has 6 heteroatoms. The molecule has 3 rings (SSSR count). The van der Waals surface area contributed by atoms with Gasteiger partial charge in [0.2, 0.25) is 0 Å². The van der Waals surface area contributed by atoms with Gasteiger partial charge in [0.1, 0.15) is 5.82 Å². The third kappa shape index (κ3) is 2.75. The van der Waals surface area contributed by atoms with Crippen molar-refractivity contribution < 1.29 is 0 Å². The quantitative estimate of drug-likeness (QED) is 0.731. The number of hydrogen-bond acceptors (Lipinski definition) is 5. The van der Waals surface area contributed by atoms with Crippen LogP contribution in [0.4, 0.5) is 5.82 Å². The van der Waals surface area contributed by atoms with Gasteiger partial charge >= 0.3 is 0 Å². The van der Waals surface area contributed by atoms with E-state index in [2.05, 4.69) is 33.5 Å². The summed E-state index contributed by atoms with van der Waals surface area (Å²) in [6.45, 7) is 2.94. The maximum Gasteiger partial charge on any atom is 0.195 e. The Kier molecular flexibility index (Phi) is 3.83. The van der Waals surface area contributed by atoms with Crippen LogP contribution in [-0.2, 0) is 5.75 Å². The Morgan fingerprint density at radius 3 is 2.95 bits per heavy atom. The van der Waals surface area contributed by atoms with E-state index >= 15 is 0 Å². The van der Waals surface area contributed by atoms with Gasteiger partial charge in [-0.3, -0.25) is 4.40 Å². The van der Waals surface area contributed by atoms with E-state index in [-0.39, 0.29) is 0 Å². The van der Waals surface area contributed by atoms with E-state index in [1.165, 1.54) is 5.56 Å². The molecule has 0 fully saturated rings. The Bertz CT molecular complexity index is 692. The number of nitrogens with zero attached hydrogens (tertiary/aromatic N) is 4. The fourth-order valence-electron chi connectivity index (χ4n) is 1.86. The van der Waals surface area contributed by atoms with Gasteiger partial charge in [-0.25, -0.2) is 4.98 Å². The average Bonchev–Trinajstić information content (AvgIpc) is 2.90. The fraction of sp³-hybridized carbons (Fsp3) is 0.214. The normalized spacial score (nSPS) is 10.8. The molecular weight excluding hydrogens is 270 g/mol. The predicted octanol–water partition coefficient (Wildman–Crippen LogP) is 2.85. The molecule has 3 heterocycles. The van der Waals surface area contributed by atoms with E-state index in [0.717, 1.165) is 28.9 Å². The van der Waals surface area contributed by atoms with Crippen molar-refractivity contribution in [1.29, 1.82) is 0 Å². The Morgan fingerprint density at radius 1 is 1.20 bits per heavy atom. The zero-order valence-electron chi connectivity index (χ0n) is 11.2.